The van der Waals surface area contributed by atoms with Gasteiger partial charge in [0.15, 0.2) is 0 Å². The number of halogens is 1. The molecule has 4 rings (SSSR count). The van der Waals surface area contributed by atoms with Crippen LogP contribution in [0.4, 0.5) is 4.39 Å². The molecule has 0 unspecified atom stereocenters. The van der Waals surface area contributed by atoms with Gasteiger partial charge in [0.1, 0.15) is 5.82 Å². The summed E-state index contributed by atoms with van der Waals surface area (Å²) in [6.45, 7) is 0. The number of carbonyl (C=O) groups excluding carboxylic acids is 3. The first-order valence-corrected chi connectivity index (χ1v) is 8.99. The maximum atomic E-state index is 13.3. The molecule has 138 valence electrons. The molecule has 1 saturated carbocycles. The van der Waals surface area contributed by atoms with Crippen LogP contribution >= 0.6 is 0 Å². The zero-order valence-corrected chi connectivity index (χ0v) is 14.6. The van der Waals surface area contributed by atoms with Crippen molar-refractivity contribution in [1.29, 1.82) is 0 Å². The average Bonchev–Trinajstić information content (AvgIpc) is 2.94. The molecule has 2 amide bonds. The number of nitrogens with zero attached hydrogens (tertiary/aromatic N) is 1. The number of amides is 2. The van der Waals surface area contributed by atoms with Gasteiger partial charge in [0, 0.05) is 0 Å². The highest BCUT2D eigenvalue weighted by Crippen LogP contribution is 2.41. The van der Waals surface area contributed by atoms with Gasteiger partial charge in [-0.25, -0.2) is 9.18 Å². The fraction of sp³-hybridized carbons (Fsp3) is 0.286. The van der Waals surface area contributed by atoms with Crippen LogP contribution in [-0.2, 0) is 15.0 Å². The van der Waals surface area contributed by atoms with Crippen LogP contribution in [0.1, 0.15) is 58.4 Å². The number of benzene rings is 2. The first-order chi connectivity index (χ1) is 13.0. The third kappa shape index (κ3) is 2.81. The Hall–Kier alpha value is -3.02. The lowest BCUT2D eigenvalue weighted by Gasteiger charge is -2.35. The van der Waals surface area contributed by atoms with E-state index in [4.69, 9.17) is 4.84 Å². The number of rotatable bonds is 3. The number of hydroxylamine groups is 2. The van der Waals surface area contributed by atoms with E-state index in [0.29, 0.717) is 23.5 Å². The van der Waals surface area contributed by atoms with E-state index in [1.165, 1.54) is 24.3 Å². The number of hydrogen-bond donors (Lipinski definition) is 0. The van der Waals surface area contributed by atoms with Crippen LogP contribution in [0.15, 0.2) is 48.5 Å². The second-order valence-electron chi connectivity index (χ2n) is 6.98. The number of fused-ring (bicyclic) bond motifs is 1. The molecule has 0 bridgehead atoms. The molecule has 2 aromatic rings. The molecule has 1 aliphatic heterocycles. The van der Waals surface area contributed by atoms with E-state index in [9.17, 15) is 18.8 Å². The summed E-state index contributed by atoms with van der Waals surface area (Å²) < 4.78 is 13.3. The van der Waals surface area contributed by atoms with Crippen molar-refractivity contribution in [2.75, 3.05) is 0 Å². The molecule has 1 fully saturated rings. The Morgan fingerprint density at radius 1 is 0.889 bits per heavy atom. The second kappa shape index (κ2) is 6.61. The Bertz CT molecular complexity index is 881. The zero-order valence-electron chi connectivity index (χ0n) is 14.6. The highest BCUT2D eigenvalue weighted by Gasteiger charge is 2.47. The van der Waals surface area contributed by atoms with Gasteiger partial charge in [0.25, 0.3) is 11.8 Å². The fourth-order valence-corrected chi connectivity index (χ4v) is 3.96. The minimum absolute atomic E-state index is 0.217. The van der Waals surface area contributed by atoms with E-state index in [0.717, 1.165) is 19.3 Å². The topological polar surface area (TPSA) is 63.7 Å². The van der Waals surface area contributed by atoms with Crippen LogP contribution in [0, 0.1) is 5.82 Å². The lowest BCUT2D eigenvalue weighted by molar-refractivity contribution is -0.177. The molecule has 2 aromatic carbocycles. The predicted octanol–water partition coefficient (Wildman–Crippen LogP) is 3.78. The SMILES string of the molecule is O=C1c2ccccc2C(=O)N1OC(=O)C1(c2ccc(F)cc2)CCCCC1. The van der Waals surface area contributed by atoms with Crippen LogP contribution in [-0.4, -0.2) is 22.8 Å². The van der Waals surface area contributed by atoms with Crippen molar-refractivity contribution in [3.8, 4) is 0 Å². The average molecular weight is 367 g/mol. The van der Waals surface area contributed by atoms with Gasteiger partial charge >= 0.3 is 5.97 Å². The molecule has 5 nitrogen and oxygen atoms in total. The van der Waals surface area contributed by atoms with Gasteiger partial charge in [0.2, 0.25) is 0 Å². The van der Waals surface area contributed by atoms with Crippen LogP contribution in [0.2, 0.25) is 0 Å². The molecule has 0 atom stereocenters. The summed E-state index contributed by atoms with van der Waals surface area (Å²) >= 11 is 0. The van der Waals surface area contributed by atoms with Crippen molar-refractivity contribution in [2.24, 2.45) is 0 Å². The molecule has 2 aliphatic rings. The third-order valence-corrected chi connectivity index (χ3v) is 5.43. The Labute approximate surface area is 155 Å². The largest absolute Gasteiger partial charge is 0.343 e. The zero-order chi connectivity index (χ0) is 19.0. The van der Waals surface area contributed by atoms with Crippen LogP contribution < -0.4 is 0 Å². The van der Waals surface area contributed by atoms with Crippen molar-refractivity contribution in [2.45, 2.75) is 37.5 Å². The minimum atomic E-state index is -0.985. The van der Waals surface area contributed by atoms with Gasteiger partial charge in [-0.2, -0.15) is 0 Å². The molecule has 0 saturated heterocycles. The summed E-state index contributed by atoms with van der Waals surface area (Å²) in [4.78, 5) is 43.5. The first kappa shape index (κ1) is 17.4. The van der Waals surface area contributed by atoms with Crippen LogP contribution in [0.25, 0.3) is 0 Å². The molecular formula is C21H18FNO4. The van der Waals surface area contributed by atoms with Crippen LogP contribution in [0.5, 0.6) is 0 Å². The van der Waals surface area contributed by atoms with Crippen molar-refractivity contribution in [3.05, 3.63) is 71.0 Å². The fourth-order valence-electron chi connectivity index (χ4n) is 3.96. The van der Waals surface area contributed by atoms with E-state index < -0.39 is 29.0 Å². The van der Waals surface area contributed by atoms with Gasteiger partial charge < -0.3 is 4.84 Å². The number of imide groups is 1. The Balaban J connectivity index is 1.65. The van der Waals surface area contributed by atoms with E-state index in [1.54, 1.807) is 24.3 Å². The molecule has 27 heavy (non-hydrogen) atoms. The smallest absolute Gasteiger partial charge is 0.329 e. The molecule has 0 N–H and O–H groups in total. The summed E-state index contributed by atoms with van der Waals surface area (Å²) in [5.74, 6) is -2.33. The van der Waals surface area contributed by atoms with Crippen molar-refractivity contribution in [1.82, 2.24) is 5.06 Å². The van der Waals surface area contributed by atoms with E-state index in [2.05, 4.69) is 0 Å². The lowest BCUT2D eigenvalue weighted by atomic mass is 9.69. The quantitative estimate of drug-likeness (QED) is 0.775. The Kier molecular flexibility index (Phi) is 4.26. The van der Waals surface area contributed by atoms with E-state index >= 15 is 0 Å². The maximum Gasteiger partial charge on any atom is 0.343 e. The van der Waals surface area contributed by atoms with Gasteiger partial charge in [0.05, 0.1) is 16.5 Å². The molecule has 0 radical (unpaired) electrons. The first-order valence-electron chi connectivity index (χ1n) is 8.99. The maximum absolute atomic E-state index is 13.3. The minimum Gasteiger partial charge on any atom is -0.329 e. The van der Waals surface area contributed by atoms with Gasteiger partial charge in [-0.05, 0) is 42.7 Å². The highest BCUT2D eigenvalue weighted by molar-refractivity contribution is 6.21. The number of hydrogen-bond acceptors (Lipinski definition) is 4. The van der Waals surface area contributed by atoms with Crippen molar-refractivity contribution < 1.29 is 23.6 Å². The molecule has 1 heterocycles. The highest BCUT2D eigenvalue weighted by atomic mass is 19.1. The summed E-state index contributed by atoms with van der Waals surface area (Å²) in [5, 5.41) is 0.548. The normalized spacial score (nSPS) is 18.3. The Morgan fingerprint density at radius 3 is 2.00 bits per heavy atom. The lowest BCUT2D eigenvalue weighted by Crippen LogP contribution is -2.44. The Morgan fingerprint density at radius 2 is 1.44 bits per heavy atom. The van der Waals surface area contributed by atoms with Crippen LogP contribution in [0.3, 0.4) is 0 Å². The summed E-state index contributed by atoms with van der Waals surface area (Å²) in [6.07, 6.45) is 3.67. The van der Waals surface area contributed by atoms with Crippen molar-refractivity contribution >= 4 is 17.8 Å². The summed E-state index contributed by atoms with van der Waals surface area (Å²) in [7, 11) is 0. The van der Waals surface area contributed by atoms with E-state index in [-0.39, 0.29) is 11.1 Å². The third-order valence-electron chi connectivity index (χ3n) is 5.43. The summed E-state index contributed by atoms with van der Waals surface area (Å²) in [6, 6.07) is 12.1. The molecule has 1 aliphatic carbocycles. The predicted molar refractivity (Wildman–Crippen MR) is 94.2 cm³/mol. The van der Waals surface area contributed by atoms with Gasteiger partial charge in [-0.1, -0.05) is 48.6 Å². The molecule has 6 heteroatoms. The van der Waals surface area contributed by atoms with Crippen molar-refractivity contribution in [3.63, 3.8) is 0 Å². The van der Waals surface area contributed by atoms with E-state index in [1.807, 2.05) is 0 Å². The standard InChI is InChI=1S/C21H18FNO4/c22-15-10-8-14(9-11-15)21(12-4-1-5-13-21)20(26)27-23-18(24)16-6-2-3-7-17(16)19(23)25/h2-3,6-11H,1,4-5,12-13H2. The van der Waals surface area contributed by atoms with Gasteiger partial charge in [-0.15, -0.1) is 0 Å². The summed E-state index contributed by atoms with van der Waals surface area (Å²) in [5.41, 5.74) is 0.0936. The number of carbonyl (C=O) groups is 3. The monoisotopic (exact) mass is 367 g/mol. The second-order valence-corrected chi connectivity index (χ2v) is 6.98. The molecular weight excluding hydrogens is 349 g/mol. The van der Waals surface area contributed by atoms with Gasteiger partial charge in [-0.3, -0.25) is 9.59 Å². The molecule has 0 spiro atoms. The molecule has 0 aromatic heterocycles.